The van der Waals surface area contributed by atoms with Gasteiger partial charge in [-0.05, 0) is 65.1 Å². The number of hydrogen-bond acceptors (Lipinski definition) is 4. The Bertz CT molecular complexity index is 402. The lowest BCUT2D eigenvalue weighted by Gasteiger charge is -2.31. The van der Waals surface area contributed by atoms with Crippen molar-refractivity contribution >= 4 is 12.1 Å². The Balaban J connectivity index is 1.55. The summed E-state index contributed by atoms with van der Waals surface area (Å²) in [4.78, 5) is 20.4. The van der Waals surface area contributed by atoms with Crippen LogP contribution in [0.15, 0.2) is 4.99 Å². The molecule has 0 saturated carbocycles. The van der Waals surface area contributed by atoms with Crippen LogP contribution in [0.5, 0.6) is 0 Å². The third-order valence-corrected chi connectivity index (χ3v) is 4.74. The average Bonchev–Trinajstić information content (AvgIpc) is 3.09. The first-order valence-electron chi connectivity index (χ1n) is 9.39. The van der Waals surface area contributed by atoms with Crippen molar-refractivity contribution in [2.24, 2.45) is 10.7 Å². The highest BCUT2D eigenvalue weighted by Crippen LogP contribution is 2.11. The maximum absolute atomic E-state index is 11.7. The van der Waals surface area contributed by atoms with E-state index in [1.165, 1.54) is 38.9 Å². The number of aliphatic imine (C=N–C) groups is 1. The van der Waals surface area contributed by atoms with Crippen molar-refractivity contribution in [3.8, 4) is 0 Å². The van der Waals surface area contributed by atoms with Gasteiger partial charge in [-0.3, -0.25) is 4.99 Å². The van der Waals surface area contributed by atoms with Crippen molar-refractivity contribution in [3.05, 3.63) is 0 Å². The van der Waals surface area contributed by atoms with Crippen LogP contribution in [0.4, 0.5) is 4.79 Å². The highest BCUT2D eigenvalue weighted by molar-refractivity contribution is 5.78. The lowest BCUT2D eigenvalue weighted by Crippen LogP contribution is -2.48. The number of guanidine groups is 1. The number of amides is 1. The first kappa shape index (κ1) is 18.8. The van der Waals surface area contributed by atoms with E-state index in [4.69, 9.17) is 10.5 Å². The molecule has 2 aliphatic rings. The molecule has 0 aromatic carbocycles. The van der Waals surface area contributed by atoms with Gasteiger partial charge in [0.05, 0.1) is 6.61 Å². The Hall–Kier alpha value is -1.50. The minimum atomic E-state index is -0.212. The third kappa shape index (κ3) is 6.55. The van der Waals surface area contributed by atoms with Gasteiger partial charge < -0.3 is 25.6 Å². The van der Waals surface area contributed by atoms with Crippen LogP contribution in [0.2, 0.25) is 0 Å². The summed E-state index contributed by atoms with van der Waals surface area (Å²) in [6.07, 6.45) is 6.52. The normalized spacial score (nSPS) is 20.4. The quantitative estimate of drug-likeness (QED) is 0.416. The van der Waals surface area contributed by atoms with Gasteiger partial charge in [-0.1, -0.05) is 0 Å². The van der Waals surface area contributed by atoms with Crippen molar-refractivity contribution in [3.63, 3.8) is 0 Å². The van der Waals surface area contributed by atoms with Crippen LogP contribution in [0.1, 0.15) is 45.4 Å². The fraction of sp³-hybridized carbons (Fsp3) is 0.882. The Morgan fingerprint density at radius 1 is 1.21 bits per heavy atom. The fourth-order valence-electron chi connectivity index (χ4n) is 3.33. The first-order valence-corrected chi connectivity index (χ1v) is 9.39. The molecular weight excluding hydrogens is 306 g/mol. The molecule has 0 aromatic heterocycles. The number of hydrogen-bond donors (Lipinski definition) is 2. The number of nitrogens with two attached hydrogens (primary N) is 1. The summed E-state index contributed by atoms with van der Waals surface area (Å²) >= 11 is 0. The molecule has 7 nitrogen and oxygen atoms in total. The minimum Gasteiger partial charge on any atom is -0.450 e. The first-order chi connectivity index (χ1) is 11.7. The fourth-order valence-corrected chi connectivity index (χ4v) is 3.33. The van der Waals surface area contributed by atoms with Crippen molar-refractivity contribution in [2.75, 3.05) is 45.9 Å². The van der Waals surface area contributed by atoms with Gasteiger partial charge in [0.2, 0.25) is 0 Å². The van der Waals surface area contributed by atoms with Crippen LogP contribution < -0.4 is 11.1 Å². The van der Waals surface area contributed by atoms with Gasteiger partial charge in [0.1, 0.15) is 0 Å². The molecule has 0 radical (unpaired) electrons. The molecule has 7 heteroatoms. The highest BCUT2D eigenvalue weighted by atomic mass is 16.6. The number of unbranched alkanes of at least 4 members (excludes halogenated alkanes) is 1. The number of likely N-dealkylation sites (tertiary alicyclic amines) is 2. The van der Waals surface area contributed by atoms with Crippen LogP contribution in [-0.2, 0) is 4.74 Å². The molecule has 1 amide bonds. The summed E-state index contributed by atoms with van der Waals surface area (Å²) in [7, 11) is 0. The molecule has 2 heterocycles. The van der Waals surface area contributed by atoms with Gasteiger partial charge >= 0.3 is 6.09 Å². The molecule has 0 unspecified atom stereocenters. The molecule has 0 spiro atoms. The second kappa shape index (κ2) is 10.4. The van der Waals surface area contributed by atoms with E-state index < -0.39 is 0 Å². The van der Waals surface area contributed by atoms with Crippen LogP contribution in [0.25, 0.3) is 0 Å². The van der Waals surface area contributed by atoms with E-state index in [0.717, 1.165) is 25.8 Å². The van der Waals surface area contributed by atoms with E-state index >= 15 is 0 Å². The second-order valence-corrected chi connectivity index (χ2v) is 6.63. The Morgan fingerprint density at radius 3 is 2.58 bits per heavy atom. The monoisotopic (exact) mass is 339 g/mol. The molecular formula is C17H33N5O2. The maximum atomic E-state index is 11.7. The van der Waals surface area contributed by atoms with Gasteiger partial charge in [0, 0.05) is 25.7 Å². The van der Waals surface area contributed by atoms with Crippen molar-refractivity contribution in [2.45, 2.75) is 51.5 Å². The van der Waals surface area contributed by atoms with Gasteiger partial charge in [0.25, 0.3) is 0 Å². The number of ether oxygens (including phenoxy) is 1. The summed E-state index contributed by atoms with van der Waals surface area (Å²) in [5.74, 6) is 0.533. The van der Waals surface area contributed by atoms with Crippen LogP contribution in [0, 0.1) is 0 Å². The zero-order valence-corrected chi connectivity index (χ0v) is 15.0. The van der Waals surface area contributed by atoms with E-state index in [0.29, 0.717) is 31.7 Å². The average molecular weight is 339 g/mol. The Kier molecular flexibility index (Phi) is 8.15. The minimum absolute atomic E-state index is 0.212. The van der Waals surface area contributed by atoms with Crippen LogP contribution in [-0.4, -0.2) is 73.8 Å². The van der Waals surface area contributed by atoms with Gasteiger partial charge in [-0.15, -0.1) is 0 Å². The molecule has 0 aliphatic carbocycles. The molecule has 0 bridgehead atoms. The smallest absolute Gasteiger partial charge is 0.409 e. The standard InChI is InChI=1S/C17H33N5O2/c1-2-24-17(23)22-13-7-15(8-14-22)20-16(18)19-9-3-4-10-21-11-5-6-12-21/h15H,2-14H2,1H3,(H3,18,19,20). The van der Waals surface area contributed by atoms with Crippen LogP contribution >= 0.6 is 0 Å². The summed E-state index contributed by atoms with van der Waals surface area (Å²) in [6, 6.07) is 0.295. The molecule has 0 atom stereocenters. The zero-order valence-electron chi connectivity index (χ0n) is 15.0. The van der Waals surface area contributed by atoms with E-state index in [-0.39, 0.29) is 6.09 Å². The van der Waals surface area contributed by atoms with Crippen molar-refractivity contribution in [1.29, 1.82) is 0 Å². The van der Waals surface area contributed by atoms with Crippen molar-refractivity contribution in [1.82, 2.24) is 15.1 Å². The number of carbonyl (C=O) groups is 1. The molecule has 0 aromatic rings. The molecule has 2 saturated heterocycles. The van der Waals surface area contributed by atoms with E-state index in [9.17, 15) is 4.79 Å². The largest absolute Gasteiger partial charge is 0.450 e. The Morgan fingerprint density at radius 2 is 1.92 bits per heavy atom. The SMILES string of the molecule is CCOC(=O)N1CCC(NC(N)=NCCCCN2CCCC2)CC1. The van der Waals surface area contributed by atoms with E-state index in [2.05, 4.69) is 15.2 Å². The molecule has 2 fully saturated rings. The third-order valence-electron chi connectivity index (χ3n) is 4.74. The molecule has 24 heavy (non-hydrogen) atoms. The lowest BCUT2D eigenvalue weighted by molar-refractivity contribution is 0.0963. The summed E-state index contributed by atoms with van der Waals surface area (Å²) < 4.78 is 5.03. The Labute approximate surface area is 145 Å². The molecule has 2 aliphatic heterocycles. The van der Waals surface area contributed by atoms with Crippen LogP contribution in [0.3, 0.4) is 0 Å². The summed E-state index contributed by atoms with van der Waals surface area (Å²) in [6.45, 7) is 8.17. The number of rotatable bonds is 7. The van der Waals surface area contributed by atoms with Gasteiger partial charge in [-0.25, -0.2) is 4.79 Å². The van der Waals surface area contributed by atoms with E-state index in [1.54, 1.807) is 4.90 Å². The number of nitrogens with zero attached hydrogens (tertiary/aromatic N) is 3. The maximum Gasteiger partial charge on any atom is 0.409 e. The number of nitrogens with one attached hydrogen (secondary N) is 1. The molecule has 138 valence electrons. The lowest BCUT2D eigenvalue weighted by atomic mass is 10.1. The second-order valence-electron chi connectivity index (χ2n) is 6.63. The summed E-state index contributed by atoms with van der Waals surface area (Å²) in [5, 5.41) is 3.28. The van der Waals surface area contributed by atoms with Gasteiger partial charge in [0.15, 0.2) is 5.96 Å². The number of piperidine rings is 1. The van der Waals surface area contributed by atoms with E-state index in [1.807, 2.05) is 6.92 Å². The van der Waals surface area contributed by atoms with Crippen molar-refractivity contribution < 1.29 is 9.53 Å². The predicted molar refractivity (Wildman–Crippen MR) is 96.2 cm³/mol. The molecule has 2 rings (SSSR count). The number of carbonyl (C=O) groups excluding carboxylic acids is 1. The zero-order chi connectivity index (χ0) is 17.2. The molecule has 3 N–H and O–H groups in total. The topological polar surface area (TPSA) is 83.2 Å². The predicted octanol–water partition coefficient (Wildman–Crippen LogP) is 1.39. The summed E-state index contributed by atoms with van der Waals surface area (Å²) in [5.41, 5.74) is 5.97. The van der Waals surface area contributed by atoms with Gasteiger partial charge in [-0.2, -0.15) is 0 Å². The highest BCUT2D eigenvalue weighted by Gasteiger charge is 2.23.